The average molecular weight is 243 g/mol. The molecule has 1 aromatic heterocycles. The van der Waals surface area contributed by atoms with Crippen molar-refractivity contribution in [2.24, 2.45) is 0 Å². The molecule has 1 N–H and O–H groups in total. The molecule has 2 rings (SSSR count). The van der Waals surface area contributed by atoms with Gasteiger partial charge in [-0.25, -0.2) is 4.79 Å². The number of nitrogens with zero attached hydrogens (tertiary/aromatic N) is 1. The van der Waals surface area contributed by atoms with E-state index in [4.69, 9.17) is 4.74 Å². The molecule has 92 valence electrons. The van der Waals surface area contributed by atoms with E-state index in [2.05, 4.69) is 4.98 Å². The maximum absolute atomic E-state index is 11.7. The number of hydrogen-bond donors (Lipinski definition) is 1. The Labute approximate surface area is 105 Å². The number of aryl methyl sites for hydroxylation is 1. The van der Waals surface area contributed by atoms with Crippen LogP contribution in [-0.4, -0.2) is 16.1 Å². The lowest BCUT2D eigenvalue weighted by Crippen LogP contribution is -2.05. The van der Waals surface area contributed by atoms with Crippen LogP contribution in [0.15, 0.2) is 42.6 Å². The van der Waals surface area contributed by atoms with Crippen molar-refractivity contribution >= 4 is 5.97 Å². The topological polar surface area (TPSA) is 59.4 Å². The predicted octanol–water partition coefficient (Wildman–Crippen LogP) is 2.45. The van der Waals surface area contributed by atoms with Gasteiger partial charge in [0.1, 0.15) is 12.4 Å². The summed E-state index contributed by atoms with van der Waals surface area (Å²) in [5.74, 6) is -0.293. The molecular weight excluding hydrogens is 230 g/mol. The highest BCUT2D eigenvalue weighted by Crippen LogP contribution is 2.15. The monoisotopic (exact) mass is 243 g/mol. The number of aromatic nitrogens is 1. The first kappa shape index (κ1) is 12.1. The molecule has 4 nitrogen and oxygen atoms in total. The SMILES string of the molecule is Cc1ncc(COC(=O)c2ccccc2)cc1O. The Morgan fingerprint density at radius 1 is 1.33 bits per heavy atom. The number of rotatable bonds is 3. The Morgan fingerprint density at radius 2 is 2.06 bits per heavy atom. The highest BCUT2D eigenvalue weighted by Gasteiger charge is 2.07. The van der Waals surface area contributed by atoms with Gasteiger partial charge >= 0.3 is 5.97 Å². The van der Waals surface area contributed by atoms with Gasteiger partial charge in [-0.2, -0.15) is 0 Å². The van der Waals surface area contributed by atoms with Crippen molar-refractivity contribution in [3.8, 4) is 5.75 Å². The van der Waals surface area contributed by atoms with Crippen molar-refractivity contribution in [3.05, 3.63) is 59.4 Å². The fraction of sp³-hybridized carbons (Fsp3) is 0.143. The van der Waals surface area contributed by atoms with Gasteiger partial charge in [0, 0.05) is 11.8 Å². The van der Waals surface area contributed by atoms with E-state index >= 15 is 0 Å². The van der Waals surface area contributed by atoms with Crippen molar-refractivity contribution in [3.63, 3.8) is 0 Å². The average Bonchev–Trinajstić information content (AvgIpc) is 2.41. The van der Waals surface area contributed by atoms with Crippen molar-refractivity contribution in [1.82, 2.24) is 4.98 Å². The van der Waals surface area contributed by atoms with Gasteiger partial charge in [0.25, 0.3) is 0 Å². The van der Waals surface area contributed by atoms with Crippen LogP contribution in [0.4, 0.5) is 0 Å². The predicted molar refractivity (Wildman–Crippen MR) is 66.2 cm³/mol. The Morgan fingerprint density at radius 3 is 2.72 bits per heavy atom. The highest BCUT2D eigenvalue weighted by molar-refractivity contribution is 5.89. The molecule has 0 saturated heterocycles. The van der Waals surface area contributed by atoms with Gasteiger partial charge in [-0.15, -0.1) is 0 Å². The third-order valence-electron chi connectivity index (χ3n) is 2.50. The van der Waals surface area contributed by atoms with E-state index in [-0.39, 0.29) is 12.4 Å². The number of benzene rings is 1. The summed E-state index contributed by atoms with van der Waals surface area (Å²) >= 11 is 0. The number of esters is 1. The summed E-state index contributed by atoms with van der Waals surface area (Å²) in [4.78, 5) is 15.7. The van der Waals surface area contributed by atoms with Crippen LogP contribution in [0.25, 0.3) is 0 Å². The van der Waals surface area contributed by atoms with Crippen molar-refractivity contribution < 1.29 is 14.6 Å². The van der Waals surface area contributed by atoms with Gasteiger partial charge in [0.15, 0.2) is 0 Å². The van der Waals surface area contributed by atoms with E-state index in [1.807, 2.05) is 6.07 Å². The summed E-state index contributed by atoms with van der Waals surface area (Å²) in [6.45, 7) is 1.80. The van der Waals surface area contributed by atoms with Crippen LogP contribution in [-0.2, 0) is 11.3 Å². The number of carbonyl (C=O) groups excluding carboxylic acids is 1. The number of hydrogen-bond acceptors (Lipinski definition) is 4. The van der Waals surface area contributed by atoms with Gasteiger partial charge in [-0.1, -0.05) is 18.2 Å². The molecule has 0 unspecified atom stereocenters. The van der Waals surface area contributed by atoms with Crippen molar-refractivity contribution in [1.29, 1.82) is 0 Å². The van der Waals surface area contributed by atoms with Gasteiger partial charge < -0.3 is 9.84 Å². The molecule has 4 heteroatoms. The van der Waals surface area contributed by atoms with Crippen LogP contribution >= 0.6 is 0 Å². The van der Waals surface area contributed by atoms with E-state index in [0.29, 0.717) is 16.8 Å². The van der Waals surface area contributed by atoms with Crippen molar-refractivity contribution in [2.75, 3.05) is 0 Å². The molecule has 0 fully saturated rings. The first-order valence-corrected chi connectivity index (χ1v) is 5.53. The molecule has 1 heterocycles. The minimum Gasteiger partial charge on any atom is -0.506 e. The van der Waals surface area contributed by atoms with Gasteiger partial charge in [-0.3, -0.25) is 4.98 Å². The van der Waals surface area contributed by atoms with Crippen LogP contribution in [0.5, 0.6) is 5.75 Å². The number of aromatic hydroxyl groups is 1. The zero-order valence-electron chi connectivity index (χ0n) is 9.96. The maximum Gasteiger partial charge on any atom is 0.338 e. The zero-order valence-corrected chi connectivity index (χ0v) is 9.96. The third kappa shape index (κ3) is 2.85. The second-order valence-corrected chi connectivity index (χ2v) is 3.89. The summed E-state index contributed by atoms with van der Waals surface area (Å²) in [6.07, 6.45) is 1.58. The molecule has 0 saturated carbocycles. The van der Waals surface area contributed by atoms with E-state index in [0.717, 1.165) is 0 Å². The van der Waals surface area contributed by atoms with E-state index in [9.17, 15) is 9.90 Å². The first-order valence-electron chi connectivity index (χ1n) is 5.53. The van der Waals surface area contributed by atoms with E-state index in [1.54, 1.807) is 43.5 Å². The summed E-state index contributed by atoms with van der Waals surface area (Å²) in [5.41, 5.74) is 1.71. The lowest BCUT2D eigenvalue weighted by Gasteiger charge is -2.05. The van der Waals surface area contributed by atoms with Crippen LogP contribution in [0.1, 0.15) is 21.6 Å². The first-order chi connectivity index (χ1) is 8.66. The molecular formula is C14H13NO3. The number of carbonyl (C=O) groups is 1. The molecule has 18 heavy (non-hydrogen) atoms. The minimum atomic E-state index is -0.393. The highest BCUT2D eigenvalue weighted by atomic mass is 16.5. The second kappa shape index (κ2) is 5.31. The summed E-state index contributed by atoms with van der Waals surface area (Å²) < 4.78 is 5.12. The maximum atomic E-state index is 11.7. The van der Waals surface area contributed by atoms with Crippen LogP contribution in [0.3, 0.4) is 0 Å². The normalized spacial score (nSPS) is 10.1. The Hall–Kier alpha value is -2.36. The Bertz CT molecular complexity index is 552. The number of pyridine rings is 1. The Kier molecular flexibility index (Phi) is 3.57. The molecule has 2 aromatic rings. The van der Waals surface area contributed by atoms with E-state index in [1.165, 1.54) is 0 Å². The second-order valence-electron chi connectivity index (χ2n) is 3.89. The molecule has 0 aliphatic carbocycles. The third-order valence-corrected chi connectivity index (χ3v) is 2.50. The molecule has 0 aliphatic rings. The fourth-order valence-electron chi connectivity index (χ4n) is 1.45. The molecule has 0 atom stereocenters. The number of ether oxygens (including phenoxy) is 1. The quantitative estimate of drug-likeness (QED) is 0.841. The van der Waals surface area contributed by atoms with Crippen molar-refractivity contribution in [2.45, 2.75) is 13.5 Å². The smallest absolute Gasteiger partial charge is 0.338 e. The summed E-state index contributed by atoms with van der Waals surface area (Å²) in [5, 5.41) is 9.48. The Balaban J connectivity index is 1.99. The van der Waals surface area contributed by atoms with Crippen LogP contribution < -0.4 is 0 Å². The lowest BCUT2D eigenvalue weighted by atomic mass is 10.2. The molecule has 1 aromatic carbocycles. The summed E-state index contributed by atoms with van der Waals surface area (Å²) in [6, 6.07) is 10.3. The zero-order chi connectivity index (χ0) is 13.0. The largest absolute Gasteiger partial charge is 0.506 e. The van der Waals surface area contributed by atoms with E-state index < -0.39 is 5.97 Å². The minimum absolute atomic E-state index is 0.0918. The molecule has 0 spiro atoms. The fourth-order valence-corrected chi connectivity index (χ4v) is 1.45. The molecule has 0 amide bonds. The van der Waals surface area contributed by atoms with Gasteiger partial charge in [0.2, 0.25) is 0 Å². The van der Waals surface area contributed by atoms with Gasteiger partial charge in [0.05, 0.1) is 11.3 Å². The standard InChI is InChI=1S/C14H13NO3/c1-10-13(16)7-11(8-15-10)9-18-14(17)12-5-3-2-4-6-12/h2-8,16H,9H2,1H3. The molecule has 0 radical (unpaired) electrons. The molecule has 0 bridgehead atoms. The summed E-state index contributed by atoms with van der Waals surface area (Å²) in [7, 11) is 0. The van der Waals surface area contributed by atoms with Crippen LogP contribution in [0, 0.1) is 6.92 Å². The molecule has 0 aliphatic heterocycles. The lowest BCUT2D eigenvalue weighted by molar-refractivity contribution is 0.0472. The van der Waals surface area contributed by atoms with Crippen LogP contribution in [0.2, 0.25) is 0 Å². The van der Waals surface area contributed by atoms with Gasteiger partial charge in [-0.05, 0) is 25.1 Å².